The predicted octanol–water partition coefficient (Wildman–Crippen LogP) is 4.29. The first-order valence-electron chi connectivity index (χ1n) is 8.83. The van der Waals surface area contributed by atoms with Gasteiger partial charge < -0.3 is 10.2 Å². The van der Waals surface area contributed by atoms with Crippen LogP contribution in [0, 0.1) is 13.8 Å². The third-order valence-corrected chi connectivity index (χ3v) is 5.99. The second-order valence-corrected chi connectivity index (χ2v) is 8.11. The smallest absolute Gasteiger partial charge is 0.236 e. The Hall–Kier alpha value is -2.27. The number of thioether (sulfide) groups is 1. The molecule has 2 aromatic carbocycles. The lowest BCUT2D eigenvalue weighted by Gasteiger charge is -2.25. The Labute approximate surface area is 159 Å². The molecule has 2 atom stereocenters. The average Bonchev–Trinajstić information content (AvgIpc) is 2.90. The summed E-state index contributed by atoms with van der Waals surface area (Å²) in [5.41, 5.74) is 4.25. The van der Waals surface area contributed by atoms with Gasteiger partial charge in [0.25, 0.3) is 0 Å². The molecule has 0 radical (unpaired) electrons. The van der Waals surface area contributed by atoms with E-state index in [1.54, 1.807) is 11.8 Å². The van der Waals surface area contributed by atoms with E-state index in [9.17, 15) is 9.59 Å². The van der Waals surface area contributed by atoms with Crippen molar-refractivity contribution in [2.75, 3.05) is 11.9 Å². The zero-order valence-electron chi connectivity index (χ0n) is 15.4. The summed E-state index contributed by atoms with van der Waals surface area (Å²) in [5.74, 6) is 0.0288. The molecule has 1 heterocycles. The molecule has 5 heteroatoms. The number of hydrogen-bond donors (Lipinski definition) is 1. The number of carbonyl (C=O) groups is 2. The number of nitrogens with zero attached hydrogens (tertiary/aromatic N) is 1. The molecule has 1 saturated heterocycles. The highest BCUT2D eigenvalue weighted by atomic mass is 32.2. The third kappa shape index (κ3) is 4.10. The van der Waals surface area contributed by atoms with Gasteiger partial charge in [-0.2, -0.15) is 0 Å². The van der Waals surface area contributed by atoms with Crippen molar-refractivity contribution in [3.63, 3.8) is 0 Å². The standard InChI is InChI=1S/C21H24N2O2S/c1-14-8-10-17(11-9-14)22-19(24)12-13-23-20(25)16(3)26-21(23)18-7-5-4-6-15(18)2/h4-11,16,21H,12-13H2,1-3H3,(H,22,24)/t16-,21-/m0/s1. The van der Waals surface area contributed by atoms with Gasteiger partial charge in [0, 0.05) is 18.7 Å². The number of amides is 2. The molecule has 0 aromatic heterocycles. The van der Waals surface area contributed by atoms with E-state index in [0.717, 1.165) is 16.8 Å². The minimum Gasteiger partial charge on any atom is -0.326 e. The average molecular weight is 369 g/mol. The van der Waals surface area contributed by atoms with Gasteiger partial charge in [-0.1, -0.05) is 42.0 Å². The maximum Gasteiger partial charge on any atom is 0.236 e. The molecule has 26 heavy (non-hydrogen) atoms. The third-order valence-electron chi connectivity index (χ3n) is 4.62. The number of benzene rings is 2. The zero-order valence-corrected chi connectivity index (χ0v) is 16.2. The van der Waals surface area contributed by atoms with E-state index in [0.29, 0.717) is 6.54 Å². The summed E-state index contributed by atoms with van der Waals surface area (Å²) in [6.45, 7) is 6.43. The molecule has 0 unspecified atom stereocenters. The molecular weight excluding hydrogens is 344 g/mol. The minimum atomic E-state index is -0.0836. The van der Waals surface area contributed by atoms with Crippen LogP contribution in [-0.4, -0.2) is 28.5 Å². The molecule has 2 amide bonds. The molecule has 0 bridgehead atoms. The van der Waals surface area contributed by atoms with Crippen molar-refractivity contribution in [3.05, 3.63) is 65.2 Å². The summed E-state index contributed by atoms with van der Waals surface area (Å²) in [5, 5.41) is 2.80. The lowest BCUT2D eigenvalue weighted by Crippen LogP contribution is -2.33. The van der Waals surface area contributed by atoms with Gasteiger partial charge in [0.1, 0.15) is 5.37 Å². The molecule has 1 aliphatic rings. The van der Waals surface area contributed by atoms with Crippen LogP contribution < -0.4 is 5.32 Å². The van der Waals surface area contributed by atoms with Gasteiger partial charge in [0.15, 0.2) is 0 Å². The molecule has 2 aromatic rings. The fraction of sp³-hybridized carbons (Fsp3) is 0.333. The summed E-state index contributed by atoms with van der Waals surface area (Å²) < 4.78 is 0. The van der Waals surface area contributed by atoms with Crippen molar-refractivity contribution in [1.82, 2.24) is 4.90 Å². The molecular formula is C21H24N2O2S. The Kier molecular flexibility index (Phi) is 5.67. The van der Waals surface area contributed by atoms with Crippen LogP contribution in [0.1, 0.15) is 35.4 Å². The number of nitrogens with one attached hydrogen (secondary N) is 1. The van der Waals surface area contributed by atoms with E-state index >= 15 is 0 Å². The first kappa shape index (κ1) is 18.5. The molecule has 1 N–H and O–H groups in total. The van der Waals surface area contributed by atoms with E-state index in [2.05, 4.69) is 24.4 Å². The van der Waals surface area contributed by atoms with Crippen LogP contribution in [0.3, 0.4) is 0 Å². The van der Waals surface area contributed by atoms with Gasteiger partial charge in [-0.25, -0.2) is 0 Å². The molecule has 3 rings (SSSR count). The van der Waals surface area contributed by atoms with E-state index in [1.165, 1.54) is 5.56 Å². The molecule has 1 aliphatic heterocycles. The molecule has 0 saturated carbocycles. The number of hydrogen-bond acceptors (Lipinski definition) is 3. The van der Waals surface area contributed by atoms with Crippen LogP contribution in [0.15, 0.2) is 48.5 Å². The second kappa shape index (κ2) is 7.96. The SMILES string of the molecule is Cc1ccc(NC(=O)CCN2C(=O)[C@H](C)S[C@H]2c2ccccc2C)cc1. The Morgan fingerprint density at radius 3 is 2.50 bits per heavy atom. The summed E-state index contributed by atoms with van der Waals surface area (Å²) in [7, 11) is 0. The van der Waals surface area contributed by atoms with E-state index in [1.807, 2.05) is 55.1 Å². The van der Waals surface area contributed by atoms with Crippen molar-refractivity contribution >= 4 is 29.3 Å². The molecule has 136 valence electrons. The van der Waals surface area contributed by atoms with E-state index < -0.39 is 0 Å². The van der Waals surface area contributed by atoms with Crippen LogP contribution in [0.2, 0.25) is 0 Å². The number of aryl methyl sites for hydroxylation is 2. The maximum atomic E-state index is 12.6. The lowest BCUT2D eigenvalue weighted by molar-refractivity contribution is -0.130. The van der Waals surface area contributed by atoms with Crippen LogP contribution in [0.5, 0.6) is 0 Å². The quantitative estimate of drug-likeness (QED) is 0.856. The topological polar surface area (TPSA) is 49.4 Å². The highest BCUT2D eigenvalue weighted by Gasteiger charge is 2.38. The molecule has 0 aliphatic carbocycles. The Morgan fingerprint density at radius 1 is 1.12 bits per heavy atom. The summed E-state index contributed by atoms with van der Waals surface area (Å²) >= 11 is 1.65. The van der Waals surface area contributed by atoms with Crippen LogP contribution in [0.25, 0.3) is 0 Å². The predicted molar refractivity (Wildman–Crippen MR) is 107 cm³/mol. The fourth-order valence-electron chi connectivity index (χ4n) is 3.09. The maximum absolute atomic E-state index is 12.6. The largest absolute Gasteiger partial charge is 0.326 e. The van der Waals surface area contributed by atoms with Crippen molar-refractivity contribution < 1.29 is 9.59 Å². The van der Waals surface area contributed by atoms with Crippen molar-refractivity contribution in [2.45, 2.75) is 37.8 Å². The number of carbonyl (C=O) groups excluding carboxylic acids is 2. The summed E-state index contributed by atoms with van der Waals surface area (Å²) in [6.07, 6.45) is 0.287. The van der Waals surface area contributed by atoms with Crippen molar-refractivity contribution in [3.8, 4) is 0 Å². The molecule has 4 nitrogen and oxygen atoms in total. The summed E-state index contributed by atoms with van der Waals surface area (Å²) in [4.78, 5) is 26.7. The normalized spacial score (nSPS) is 19.7. The van der Waals surface area contributed by atoms with Gasteiger partial charge in [-0.15, -0.1) is 11.8 Å². The Balaban J connectivity index is 1.66. The van der Waals surface area contributed by atoms with Crippen molar-refractivity contribution in [1.29, 1.82) is 0 Å². The highest BCUT2D eigenvalue weighted by Crippen LogP contribution is 2.43. The minimum absolute atomic E-state index is 0.0223. The Morgan fingerprint density at radius 2 is 1.81 bits per heavy atom. The lowest BCUT2D eigenvalue weighted by atomic mass is 10.1. The highest BCUT2D eigenvalue weighted by molar-refractivity contribution is 8.01. The number of anilines is 1. The monoisotopic (exact) mass is 368 g/mol. The van der Waals surface area contributed by atoms with Crippen LogP contribution in [0.4, 0.5) is 5.69 Å². The van der Waals surface area contributed by atoms with Gasteiger partial charge in [-0.05, 0) is 44.0 Å². The number of rotatable bonds is 5. The zero-order chi connectivity index (χ0) is 18.7. The fourth-order valence-corrected chi connectivity index (χ4v) is 4.49. The first-order valence-corrected chi connectivity index (χ1v) is 9.78. The van der Waals surface area contributed by atoms with E-state index in [-0.39, 0.29) is 28.9 Å². The Bertz CT molecular complexity index is 804. The molecule has 1 fully saturated rings. The van der Waals surface area contributed by atoms with E-state index in [4.69, 9.17) is 0 Å². The molecule has 0 spiro atoms. The van der Waals surface area contributed by atoms with Gasteiger partial charge in [0.2, 0.25) is 11.8 Å². The van der Waals surface area contributed by atoms with Gasteiger partial charge in [0.05, 0.1) is 5.25 Å². The van der Waals surface area contributed by atoms with Gasteiger partial charge >= 0.3 is 0 Å². The second-order valence-electron chi connectivity index (χ2n) is 6.68. The first-order chi connectivity index (χ1) is 12.5. The van der Waals surface area contributed by atoms with Gasteiger partial charge in [-0.3, -0.25) is 9.59 Å². The van der Waals surface area contributed by atoms with Crippen molar-refractivity contribution in [2.24, 2.45) is 0 Å². The van der Waals surface area contributed by atoms with Crippen LogP contribution >= 0.6 is 11.8 Å². The van der Waals surface area contributed by atoms with Crippen LogP contribution in [-0.2, 0) is 9.59 Å². The summed E-state index contributed by atoms with van der Waals surface area (Å²) in [6, 6.07) is 15.8.